The molecule has 64 valence electrons. The molecule has 0 radical (unpaired) electrons. The summed E-state index contributed by atoms with van der Waals surface area (Å²) < 4.78 is 12.9. The van der Waals surface area contributed by atoms with Crippen LogP contribution in [0.2, 0.25) is 5.15 Å². The third-order valence-electron chi connectivity index (χ3n) is 1.57. The molecule has 1 heterocycles. The first kappa shape index (κ1) is 9.13. The molecule has 1 rings (SSSR count). The number of ketones is 1. The maximum atomic E-state index is 12.9. The van der Waals surface area contributed by atoms with Crippen molar-refractivity contribution >= 4 is 17.4 Å². The summed E-state index contributed by atoms with van der Waals surface area (Å²) >= 11 is 5.60. The number of halogens is 2. The molecule has 12 heavy (non-hydrogen) atoms. The minimum atomic E-state index is -0.621. The minimum absolute atomic E-state index is 0.0231. The lowest BCUT2D eigenvalue weighted by Gasteiger charge is -2.03. The fourth-order valence-electron chi connectivity index (χ4n) is 0.989. The molecular formula is C8H7ClFNO. The zero-order valence-electron chi connectivity index (χ0n) is 6.69. The number of carbonyl (C=O) groups excluding carboxylic acids is 1. The molecule has 0 spiro atoms. The average molecular weight is 188 g/mol. The summed E-state index contributed by atoms with van der Waals surface area (Å²) in [5.41, 5.74) is 0.416. The summed E-state index contributed by atoms with van der Waals surface area (Å²) in [4.78, 5) is 14.5. The fraction of sp³-hybridized carbons (Fsp3) is 0.250. The van der Waals surface area contributed by atoms with Gasteiger partial charge in [0.05, 0.1) is 11.8 Å². The molecule has 0 atom stereocenters. The van der Waals surface area contributed by atoms with Gasteiger partial charge in [-0.05, 0) is 13.8 Å². The number of rotatable bonds is 1. The van der Waals surface area contributed by atoms with Gasteiger partial charge < -0.3 is 0 Å². The molecule has 1 aromatic rings. The Bertz CT molecular complexity index is 338. The van der Waals surface area contributed by atoms with Crippen LogP contribution in [0.15, 0.2) is 6.20 Å². The molecule has 0 fully saturated rings. The van der Waals surface area contributed by atoms with Gasteiger partial charge in [-0.2, -0.15) is 0 Å². The maximum absolute atomic E-state index is 12.9. The van der Waals surface area contributed by atoms with E-state index in [4.69, 9.17) is 11.6 Å². The van der Waals surface area contributed by atoms with Crippen molar-refractivity contribution in [2.75, 3.05) is 0 Å². The largest absolute Gasteiger partial charge is 0.294 e. The van der Waals surface area contributed by atoms with E-state index in [1.165, 1.54) is 6.92 Å². The molecular weight excluding hydrogens is 181 g/mol. The molecule has 0 aliphatic rings. The smallest absolute Gasteiger partial charge is 0.163 e. The van der Waals surface area contributed by atoms with Crippen LogP contribution in [0.4, 0.5) is 4.39 Å². The first-order valence-electron chi connectivity index (χ1n) is 3.35. The predicted octanol–water partition coefficient (Wildman–Crippen LogP) is 2.39. The van der Waals surface area contributed by atoms with Gasteiger partial charge in [-0.15, -0.1) is 0 Å². The first-order valence-corrected chi connectivity index (χ1v) is 3.73. The monoisotopic (exact) mass is 187 g/mol. The maximum Gasteiger partial charge on any atom is 0.163 e. The third kappa shape index (κ3) is 1.46. The summed E-state index contributed by atoms with van der Waals surface area (Å²) in [6.45, 7) is 2.86. The Labute approximate surface area is 74.4 Å². The van der Waals surface area contributed by atoms with Crippen molar-refractivity contribution in [3.8, 4) is 0 Å². The van der Waals surface area contributed by atoms with Crippen molar-refractivity contribution in [3.05, 3.63) is 28.3 Å². The molecule has 0 saturated carbocycles. The van der Waals surface area contributed by atoms with Crippen LogP contribution < -0.4 is 0 Å². The highest BCUT2D eigenvalue weighted by Crippen LogP contribution is 2.19. The van der Waals surface area contributed by atoms with Crippen LogP contribution in [0.1, 0.15) is 22.8 Å². The fourth-order valence-corrected chi connectivity index (χ4v) is 1.13. The van der Waals surface area contributed by atoms with Crippen LogP contribution in [0.5, 0.6) is 0 Å². The summed E-state index contributed by atoms with van der Waals surface area (Å²) in [6.07, 6.45) is 0.950. The number of Topliss-reactive ketones (excluding diaryl/α,β-unsaturated/α-hetero) is 1. The van der Waals surface area contributed by atoms with Crippen LogP contribution in [0, 0.1) is 12.7 Å². The highest BCUT2D eigenvalue weighted by atomic mass is 35.5. The van der Waals surface area contributed by atoms with Crippen molar-refractivity contribution in [2.45, 2.75) is 13.8 Å². The summed E-state index contributed by atoms with van der Waals surface area (Å²) in [5, 5.41) is 0.168. The molecule has 0 saturated heterocycles. The molecule has 0 unspecified atom stereocenters. The highest BCUT2D eigenvalue weighted by Gasteiger charge is 2.13. The van der Waals surface area contributed by atoms with Crippen LogP contribution in [0.25, 0.3) is 0 Å². The lowest BCUT2D eigenvalue weighted by atomic mass is 10.1. The molecule has 0 aliphatic carbocycles. The zero-order valence-corrected chi connectivity index (χ0v) is 7.44. The van der Waals surface area contributed by atoms with E-state index < -0.39 is 5.82 Å². The highest BCUT2D eigenvalue weighted by molar-refractivity contribution is 6.30. The van der Waals surface area contributed by atoms with Crippen LogP contribution in [0.3, 0.4) is 0 Å². The molecule has 0 bridgehead atoms. The van der Waals surface area contributed by atoms with E-state index in [-0.39, 0.29) is 16.5 Å². The first-order chi connectivity index (χ1) is 5.54. The Morgan fingerprint density at radius 1 is 1.67 bits per heavy atom. The van der Waals surface area contributed by atoms with Crippen molar-refractivity contribution in [2.24, 2.45) is 0 Å². The SMILES string of the molecule is CC(=O)c1c(F)cnc(Cl)c1C. The van der Waals surface area contributed by atoms with Gasteiger partial charge in [0.2, 0.25) is 0 Å². The van der Waals surface area contributed by atoms with Crippen molar-refractivity contribution in [1.82, 2.24) is 4.98 Å². The Hall–Kier alpha value is -0.960. The third-order valence-corrected chi connectivity index (χ3v) is 1.95. The van der Waals surface area contributed by atoms with Crippen molar-refractivity contribution in [3.63, 3.8) is 0 Å². The van der Waals surface area contributed by atoms with E-state index in [9.17, 15) is 9.18 Å². The van der Waals surface area contributed by atoms with E-state index in [0.717, 1.165) is 6.20 Å². The molecule has 0 N–H and O–H groups in total. The predicted molar refractivity (Wildman–Crippen MR) is 43.9 cm³/mol. The van der Waals surface area contributed by atoms with E-state index in [1.54, 1.807) is 6.92 Å². The summed E-state index contributed by atoms with van der Waals surface area (Å²) in [6, 6.07) is 0. The average Bonchev–Trinajstić information content (AvgIpc) is 1.97. The summed E-state index contributed by atoms with van der Waals surface area (Å²) in [7, 11) is 0. The molecule has 2 nitrogen and oxygen atoms in total. The Balaban J connectivity index is 3.43. The number of carbonyl (C=O) groups is 1. The second kappa shape index (κ2) is 3.19. The lowest BCUT2D eigenvalue weighted by Crippen LogP contribution is -2.02. The van der Waals surface area contributed by atoms with Crippen LogP contribution in [-0.2, 0) is 0 Å². The Kier molecular flexibility index (Phi) is 2.43. The number of nitrogens with zero attached hydrogens (tertiary/aromatic N) is 1. The molecule has 0 aromatic carbocycles. The van der Waals surface area contributed by atoms with Crippen molar-refractivity contribution in [1.29, 1.82) is 0 Å². The van der Waals surface area contributed by atoms with E-state index in [1.807, 2.05) is 0 Å². The van der Waals surface area contributed by atoms with Gasteiger partial charge in [-0.1, -0.05) is 11.6 Å². The lowest BCUT2D eigenvalue weighted by molar-refractivity contribution is 0.101. The molecule has 1 aromatic heterocycles. The van der Waals surface area contributed by atoms with E-state index in [2.05, 4.69) is 4.98 Å². The summed E-state index contributed by atoms with van der Waals surface area (Å²) in [5.74, 6) is -0.960. The Morgan fingerprint density at radius 2 is 2.25 bits per heavy atom. The van der Waals surface area contributed by atoms with Gasteiger partial charge in [0.25, 0.3) is 0 Å². The number of hydrogen-bond donors (Lipinski definition) is 0. The topological polar surface area (TPSA) is 30.0 Å². The number of aromatic nitrogens is 1. The normalized spacial score (nSPS) is 10.0. The molecule has 4 heteroatoms. The Morgan fingerprint density at radius 3 is 2.67 bits per heavy atom. The van der Waals surface area contributed by atoms with Gasteiger partial charge in [0.15, 0.2) is 11.6 Å². The standard InChI is InChI=1S/C8H7ClFNO/c1-4-7(5(2)12)6(10)3-11-8(4)9/h3H,1-2H3. The molecule has 0 amide bonds. The van der Waals surface area contributed by atoms with Crippen molar-refractivity contribution < 1.29 is 9.18 Å². The second-order valence-corrected chi connectivity index (χ2v) is 2.81. The van der Waals surface area contributed by atoms with Gasteiger partial charge in [-0.25, -0.2) is 9.37 Å². The van der Waals surface area contributed by atoms with Crippen LogP contribution in [-0.4, -0.2) is 10.8 Å². The number of pyridine rings is 1. The second-order valence-electron chi connectivity index (χ2n) is 2.45. The van der Waals surface area contributed by atoms with Gasteiger partial charge in [0.1, 0.15) is 5.15 Å². The van der Waals surface area contributed by atoms with Crippen LogP contribution >= 0.6 is 11.6 Å². The van der Waals surface area contributed by atoms with Gasteiger partial charge >= 0.3 is 0 Å². The van der Waals surface area contributed by atoms with Gasteiger partial charge in [-0.3, -0.25) is 4.79 Å². The zero-order chi connectivity index (χ0) is 9.30. The minimum Gasteiger partial charge on any atom is -0.294 e. The molecule has 0 aliphatic heterocycles. The number of hydrogen-bond acceptors (Lipinski definition) is 2. The van der Waals surface area contributed by atoms with Gasteiger partial charge in [0, 0.05) is 5.56 Å². The van der Waals surface area contributed by atoms with E-state index in [0.29, 0.717) is 5.56 Å². The van der Waals surface area contributed by atoms with E-state index >= 15 is 0 Å². The quantitative estimate of drug-likeness (QED) is 0.499.